The SMILES string of the molecule is CC1CN(c2cc(Cl)nc(SCC(=O)N3CCN(Cc4ccccc4)CC3)n2)CCN1C(=O)C1CCCCC1. The molecule has 5 rings (SSSR count). The average molecular weight is 571 g/mol. The zero-order valence-corrected chi connectivity index (χ0v) is 24.4. The van der Waals surface area contributed by atoms with E-state index >= 15 is 0 Å². The quantitative estimate of drug-likeness (QED) is 0.281. The van der Waals surface area contributed by atoms with Crippen LogP contribution in [-0.4, -0.2) is 94.1 Å². The number of nitrogens with zero attached hydrogens (tertiary/aromatic N) is 6. The lowest BCUT2D eigenvalue weighted by Crippen LogP contribution is -2.55. The van der Waals surface area contributed by atoms with Crippen molar-refractivity contribution >= 4 is 41.0 Å². The number of carbonyl (C=O) groups excluding carboxylic acids is 2. The summed E-state index contributed by atoms with van der Waals surface area (Å²) in [7, 11) is 0. The average Bonchev–Trinajstić information content (AvgIpc) is 2.96. The normalized spacial score (nSPS) is 21.3. The van der Waals surface area contributed by atoms with Crippen molar-refractivity contribution in [1.82, 2.24) is 24.7 Å². The molecule has 3 heterocycles. The summed E-state index contributed by atoms with van der Waals surface area (Å²) in [5.74, 6) is 1.66. The van der Waals surface area contributed by atoms with Gasteiger partial charge in [-0.2, -0.15) is 0 Å². The van der Waals surface area contributed by atoms with Crippen molar-refractivity contribution in [1.29, 1.82) is 0 Å². The molecule has 1 aliphatic carbocycles. The molecule has 1 atom stereocenters. The monoisotopic (exact) mass is 570 g/mol. The van der Waals surface area contributed by atoms with E-state index in [1.54, 1.807) is 6.07 Å². The van der Waals surface area contributed by atoms with Gasteiger partial charge < -0.3 is 14.7 Å². The van der Waals surface area contributed by atoms with E-state index in [9.17, 15) is 9.59 Å². The van der Waals surface area contributed by atoms with Gasteiger partial charge in [-0.15, -0.1) is 0 Å². The standard InChI is InChI=1S/C29H39ClN6O2S/c1-22-19-35(16-17-36(22)28(38)24-10-6-3-7-11-24)26-18-25(30)31-29(32-26)39-21-27(37)34-14-12-33(13-15-34)20-23-8-4-2-5-9-23/h2,4-5,8-9,18,22,24H,3,6-7,10-17,19-21H2,1H3. The van der Waals surface area contributed by atoms with Gasteiger partial charge in [0, 0.05) is 70.4 Å². The third-order valence-electron chi connectivity index (χ3n) is 8.15. The highest BCUT2D eigenvalue weighted by atomic mass is 35.5. The summed E-state index contributed by atoms with van der Waals surface area (Å²) in [6.07, 6.45) is 5.63. The molecule has 10 heteroatoms. The van der Waals surface area contributed by atoms with Crippen molar-refractivity contribution in [3.05, 3.63) is 47.1 Å². The summed E-state index contributed by atoms with van der Waals surface area (Å²) >= 11 is 7.72. The molecule has 2 aliphatic heterocycles. The third kappa shape index (κ3) is 7.44. The predicted octanol–water partition coefficient (Wildman–Crippen LogP) is 4.18. The van der Waals surface area contributed by atoms with Crippen molar-refractivity contribution in [2.24, 2.45) is 5.92 Å². The number of rotatable bonds is 7. The first kappa shape index (κ1) is 28.2. The third-order valence-corrected chi connectivity index (χ3v) is 9.17. The highest BCUT2D eigenvalue weighted by Crippen LogP contribution is 2.29. The van der Waals surface area contributed by atoms with Gasteiger partial charge in [-0.3, -0.25) is 14.5 Å². The van der Waals surface area contributed by atoms with Crippen LogP contribution < -0.4 is 4.90 Å². The number of anilines is 1. The number of amides is 2. The Morgan fingerprint density at radius 2 is 1.72 bits per heavy atom. The molecule has 1 aromatic heterocycles. The number of aromatic nitrogens is 2. The fourth-order valence-corrected chi connectivity index (χ4v) is 6.89. The first-order valence-corrected chi connectivity index (χ1v) is 15.6. The topological polar surface area (TPSA) is 72.9 Å². The maximum absolute atomic E-state index is 13.1. The smallest absolute Gasteiger partial charge is 0.233 e. The summed E-state index contributed by atoms with van der Waals surface area (Å²) in [6.45, 7) is 8.35. The fourth-order valence-electron chi connectivity index (χ4n) is 5.90. The molecule has 3 fully saturated rings. The Bertz CT molecular complexity index is 1120. The van der Waals surface area contributed by atoms with Gasteiger partial charge in [-0.25, -0.2) is 9.97 Å². The molecular weight excluding hydrogens is 532 g/mol. The van der Waals surface area contributed by atoms with Crippen LogP contribution in [0.5, 0.6) is 0 Å². The lowest BCUT2D eigenvalue weighted by Gasteiger charge is -2.42. The van der Waals surface area contributed by atoms with Crippen LogP contribution in [0, 0.1) is 5.92 Å². The summed E-state index contributed by atoms with van der Waals surface area (Å²) < 4.78 is 0. The van der Waals surface area contributed by atoms with Crippen LogP contribution in [0.15, 0.2) is 41.6 Å². The molecule has 1 saturated carbocycles. The second-order valence-electron chi connectivity index (χ2n) is 10.9. The summed E-state index contributed by atoms with van der Waals surface area (Å²) in [5, 5.41) is 0.889. The molecular formula is C29H39ClN6O2S. The van der Waals surface area contributed by atoms with E-state index in [1.807, 2.05) is 11.0 Å². The van der Waals surface area contributed by atoms with Crippen LogP contribution in [0.25, 0.3) is 0 Å². The van der Waals surface area contributed by atoms with Crippen LogP contribution in [-0.2, 0) is 16.1 Å². The van der Waals surface area contributed by atoms with Gasteiger partial charge >= 0.3 is 0 Å². The lowest BCUT2D eigenvalue weighted by atomic mass is 9.88. The number of hydrogen-bond acceptors (Lipinski definition) is 7. The Hall–Kier alpha value is -2.36. The molecule has 8 nitrogen and oxygen atoms in total. The number of carbonyl (C=O) groups is 2. The van der Waals surface area contributed by atoms with E-state index in [0.29, 0.717) is 41.6 Å². The Morgan fingerprint density at radius 1 is 0.974 bits per heavy atom. The van der Waals surface area contributed by atoms with Crippen LogP contribution >= 0.6 is 23.4 Å². The molecule has 2 aromatic rings. The van der Waals surface area contributed by atoms with E-state index in [1.165, 1.54) is 23.7 Å². The minimum absolute atomic E-state index is 0.105. The predicted molar refractivity (Wildman–Crippen MR) is 156 cm³/mol. The second kappa shape index (κ2) is 13.3. The van der Waals surface area contributed by atoms with Crippen LogP contribution in [0.4, 0.5) is 5.82 Å². The van der Waals surface area contributed by atoms with Gasteiger partial charge in [0.05, 0.1) is 5.75 Å². The Balaban J connectivity index is 1.11. The minimum atomic E-state index is 0.105. The Kier molecular flexibility index (Phi) is 9.63. The summed E-state index contributed by atoms with van der Waals surface area (Å²) in [6, 6.07) is 12.3. The van der Waals surface area contributed by atoms with Crippen molar-refractivity contribution in [3.63, 3.8) is 0 Å². The molecule has 2 amide bonds. The Morgan fingerprint density at radius 3 is 2.44 bits per heavy atom. The highest BCUT2D eigenvalue weighted by Gasteiger charge is 2.33. The van der Waals surface area contributed by atoms with Gasteiger partial charge in [0.25, 0.3) is 0 Å². The number of piperazine rings is 2. The van der Waals surface area contributed by atoms with E-state index in [4.69, 9.17) is 16.6 Å². The van der Waals surface area contributed by atoms with Gasteiger partial charge in [-0.05, 0) is 25.3 Å². The molecule has 1 aromatic carbocycles. The van der Waals surface area contributed by atoms with Gasteiger partial charge in [0.1, 0.15) is 11.0 Å². The van der Waals surface area contributed by atoms with Gasteiger partial charge in [-0.1, -0.05) is 73.0 Å². The van der Waals surface area contributed by atoms with Crippen molar-refractivity contribution in [2.45, 2.75) is 56.8 Å². The van der Waals surface area contributed by atoms with Crippen molar-refractivity contribution in [2.75, 3.05) is 56.5 Å². The molecule has 3 aliphatic rings. The lowest BCUT2D eigenvalue weighted by molar-refractivity contribution is -0.139. The zero-order valence-electron chi connectivity index (χ0n) is 22.8. The summed E-state index contributed by atoms with van der Waals surface area (Å²) in [4.78, 5) is 43.7. The number of halogens is 1. The number of thioether (sulfide) groups is 1. The highest BCUT2D eigenvalue weighted by molar-refractivity contribution is 7.99. The minimum Gasteiger partial charge on any atom is -0.353 e. The first-order valence-electron chi connectivity index (χ1n) is 14.2. The second-order valence-corrected chi connectivity index (χ2v) is 12.3. The van der Waals surface area contributed by atoms with Gasteiger partial charge in [0.15, 0.2) is 5.16 Å². The van der Waals surface area contributed by atoms with E-state index in [2.05, 4.69) is 50.9 Å². The zero-order chi connectivity index (χ0) is 27.2. The van der Waals surface area contributed by atoms with E-state index in [0.717, 1.165) is 64.2 Å². The molecule has 2 saturated heterocycles. The molecule has 0 bridgehead atoms. The van der Waals surface area contributed by atoms with E-state index in [-0.39, 0.29) is 17.9 Å². The van der Waals surface area contributed by atoms with Crippen molar-refractivity contribution in [3.8, 4) is 0 Å². The maximum atomic E-state index is 13.1. The molecule has 39 heavy (non-hydrogen) atoms. The van der Waals surface area contributed by atoms with Crippen LogP contribution in [0.1, 0.15) is 44.6 Å². The van der Waals surface area contributed by atoms with Gasteiger partial charge in [0.2, 0.25) is 11.8 Å². The molecule has 0 N–H and O–H groups in total. The number of hydrogen-bond donors (Lipinski definition) is 0. The molecule has 210 valence electrons. The Labute approximate surface area is 241 Å². The largest absolute Gasteiger partial charge is 0.353 e. The van der Waals surface area contributed by atoms with Crippen molar-refractivity contribution < 1.29 is 9.59 Å². The molecule has 0 radical (unpaired) electrons. The van der Waals surface area contributed by atoms with Crippen LogP contribution in [0.2, 0.25) is 5.15 Å². The fraction of sp³-hybridized carbons (Fsp3) is 0.586. The molecule has 1 unspecified atom stereocenters. The first-order chi connectivity index (χ1) is 19.0. The number of benzene rings is 1. The van der Waals surface area contributed by atoms with Crippen LogP contribution in [0.3, 0.4) is 0 Å². The summed E-state index contributed by atoms with van der Waals surface area (Å²) in [5.41, 5.74) is 1.30. The van der Waals surface area contributed by atoms with E-state index < -0.39 is 0 Å². The molecule has 0 spiro atoms. The maximum Gasteiger partial charge on any atom is 0.233 e.